The lowest BCUT2D eigenvalue weighted by atomic mass is 9.91. The van der Waals surface area contributed by atoms with Crippen molar-refractivity contribution in [3.63, 3.8) is 0 Å². The summed E-state index contributed by atoms with van der Waals surface area (Å²) < 4.78 is 38.4. The summed E-state index contributed by atoms with van der Waals surface area (Å²) in [7, 11) is -0.979. The van der Waals surface area contributed by atoms with Crippen LogP contribution >= 0.6 is 23.2 Å². The zero-order valence-electron chi connectivity index (χ0n) is 19.8. The molecule has 1 N–H and O–H groups in total. The summed E-state index contributed by atoms with van der Waals surface area (Å²) in [6, 6.07) is 19.7. The van der Waals surface area contributed by atoms with Crippen LogP contribution in [0.1, 0.15) is 27.5 Å². The van der Waals surface area contributed by atoms with E-state index in [9.17, 15) is 13.2 Å². The number of sulfonamides is 1. The molecule has 0 aliphatic carbocycles. The third-order valence-corrected chi connectivity index (χ3v) is 7.97. The molecule has 190 valence electrons. The van der Waals surface area contributed by atoms with E-state index in [2.05, 4.69) is 9.62 Å². The van der Waals surface area contributed by atoms with Gasteiger partial charge in [0.05, 0.1) is 37.3 Å². The Hall–Kier alpha value is -2.78. The number of esters is 1. The van der Waals surface area contributed by atoms with Crippen LogP contribution in [0, 0.1) is 5.92 Å². The molecule has 1 fully saturated rings. The topological polar surface area (TPSA) is 84.9 Å². The maximum absolute atomic E-state index is 12.9. The van der Waals surface area contributed by atoms with Gasteiger partial charge in [-0.25, -0.2) is 13.2 Å². The molecule has 4 rings (SSSR count). The lowest BCUT2D eigenvalue weighted by molar-refractivity contribution is 0.0600. The zero-order valence-corrected chi connectivity index (χ0v) is 22.1. The van der Waals surface area contributed by atoms with E-state index < -0.39 is 16.0 Å². The van der Waals surface area contributed by atoms with E-state index in [4.69, 9.17) is 32.7 Å². The van der Waals surface area contributed by atoms with Crippen molar-refractivity contribution < 1.29 is 22.7 Å². The normalized spacial score (nSPS) is 14.4. The number of likely N-dealkylation sites (tertiary alicyclic amines) is 1. The fourth-order valence-electron chi connectivity index (χ4n) is 4.37. The molecule has 0 aromatic heterocycles. The Bertz CT molecular complexity index is 1280. The van der Waals surface area contributed by atoms with Crippen LogP contribution in [0.4, 0.5) is 5.69 Å². The Morgan fingerprint density at radius 3 is 2.03 bits per heavy atom. The number of methoxy groups -OCH3 is 2. The van der Waals surface area contributed by atoms with Crippen molar-refractivity contribution >= 4 is 44.9 Å². The minimum absolute atomic E-state index is 0.0487. The molecule has 0 radical (unpaired) electrons. The van der Waals surface area contributed by atoms with Gasteiger partial charge in [0.15, 0.2) is 0 Å². The van der Waals surface area contributed by atoms with Crippen molar-refractivity contribution in [2.45, 2.75) is 6.04 Å². The molecule has 36 heavy (non-hydrogen) atoms. The van der Waals surface area contributed by atoms with Crippen LogP contribution in [0.5, 0.6) is 5.75 Å². The van der Waals surface area contributed by atoms with Gasteiger partial charge in [-0.05, 0) is 47.5 Å². The Kier molecular flexibility index (Phi) is 8.10. The smallest absolute Gasteiger partial charge is 0.338 e. The van der Waals surface area contributed by atoms with Gasteiger partial charge in [0.2, 0.25) is 10.0 Å². The van der Waals surface area contributed by atoms with Crippen LogP contribution in [0.25, 0.3) is 0 Å². The van der Waals surface area contributed by atoms with E-state index in [1.165, 1.54) is 32.4 Å². The van der Waals surface area contributed by atoms with Gasteiger partial charge < -0.3 is 9.47 Å². The second kappa shape index (κ2) is 11.1. The first kappa shape index (κ1) is 26.3. The van der Waals surface area contributed by atoms with E-state index >= 15 is 0 Å². The van der Waals surface area contributed by atoms with Gasteiger partial charge in [-0.3, -0.25) is 9.62 Å². The number of anilines is 1. The molecule has 1 aliphatic heterocycles. The SMILES string of the molecule is COC(=O)c1cc(NS(=O)(=O)CC2CN(C(c3ccc(Cl)cc3)c3ccc(Cl)cc3)C2)cc(OC)c1. The second-order valence-electron chi connectivity index (χ2n) is 8.65. The van der Waals surface area contributed by atoms with E-state index in [-0.39, 0.29) is 29.0 Å². The monoisotopic (exact) mass is 548 g/mol. The number of halogens is 2. The molecule has 0 unspecified atom stereocenters. The van der Waals surface area contributed by atoms with Gasteiger partial charge in [-0.15, -0.1) is 0 Å². The number of hydrogen-bond acceptors (Lipinski definition) is 6. The van der Waals surface area contributed by atoms with Crippen LogP contribution in [-0.2, 0) is 14.8 Å². The predicted molar refractivity (Wildman–Crippen MR) is 142 cm³/mol. The number of rotatable bonds is 9. The van der Waals surface area contributed by atoms with Crippen molar-refractivity contribution in [2.24, 2.45) is 5.92 Å². The minimum Gasteiger partial charge on any atom is -0.497 e. The summed E-state index contributed by atoms with van der Waals surface area (Å²) in [6.07, 6.45) is 0. The van der Waals surface area contributed by atoms with Crippen molar-refractivity contribution in [3.8, 4) is 5.75 Å². The van der Waals surface area contributed by atoms with E-state index in [0.29, 0.717) is 28.9 Å². The fraction of sp³-hybridized carbons (Fsp3) is 0.269. The highest BCUT2D eigenvalue weighted by molar-refractivity contribution is 7.92. The first-order chi connectivity index (χ1) is 17.2. The standard InChI is InChI=1S/C26H26Cl2N2O5S/c1-34-24-12-20(26(31)35-2)11-23(13-24)29-36(32,33)16-17-14-30(15-17)25(18-3-7-21(27)8-4-18)19-5-9-22(28)10-6-19/h3-13,17,25,29H,14-16H2,1-2H3. The zero-order chi connectivity index (χ0) is 25.9. The largest absolute Gasteiger partial charge is 0.497 e. The van der Waals surface area contributed by atoms with Gasteiger partial charge in [-0.1, -0.05) is 47.5 Å². The summed E-state index contributed by atoms with van der Waals surface area (Å²) in [5, 5.41) is 1.31. The fourth-order valence-corrected chi connectivity index (χ4v) is 6.02. The van der Waals surface area contributed by atoms with Crippen molar-refractivity contribution in [1.82, 2.24) is 4.90 Å². The molecule has 10 heteroatoms. The molecule has 0 spiro atoms. The van der Waals surface area contributed by atoms with Gasteiger partial charge in [0, 0.05) is 35.1 Å². The van der Waals surface area contributed by atoms with E-state index in [0.717, 1.165) is 11.1 Å². The molecule has 3 aromatic rings. The number of nitrogens with zero attached hydrogens (tertiary/aromatic N) is 1. The number of carbonyl (C=O) groups excluding carboxylic acids is 1. The second-order valence-corrected chi connectivity index (χ2v) is 11.3. The van der Waals surface area contributed by atoms with E-state index in [1.807, 2.05) is 48.5 Å². The first-order valence-electron chi connectivity index (χ1n) is 11.2. The molecule has 7 nitrogen and oxygen atoms in total. The summed E-state index contributed by atoms with van der Waals surface area (Å²) in [5.41, 5.74) is 2.56. The third kappa shape index (κ3) is 6.31. The Morgan fingerprint density at radius 2 is 1.53 bits per heavy atom. The number of ether oxygens (including phenoxy) is 2. The maximum atomic E-state index is 12.9. The number of hydrogen-bond donors (Lipinski definition) is 1. The van der Waals surface area contributed by atoms with Gasteiger partial charge >= 0.3 is 5.97 Å². The Labute approximate surface area is 221 Å². The lowest BCUT2D eigenvalue weighted by Gasteiger charge is -2.44. The quantitative estimate of drug-likeness (QED) is 0.367. The maximum Gasteiger partial charge on any atom is 0.338 e. The molecular formula is C26H26Cl2N2O5S. The van der Waals surface area contributed by atoms with Crippen molar-refractivity contribution in [2.75, 3.05) is 37.8 Å². The Morgan fingerprint density at radius 1 is 0.972 bits per heavy atom. The number of nitrogens with one attached hydrogen (secondary N) is 1. The summed E-state index contributed by atoms with van der Waals surface area (Å²) >= 11 is 12.2. The minimum atomic E-state index is -3.68. The van der Waals surface area contributed by atoms with Crippen LogP contribution < -0.4 is 9.46 Å². The average Bonchev–Trinajstić information content (AvgIpc) is 2.83. The van der Waals surface area contributed by atoms with Gasteiger partial charge in [0.1, 0.15) is 5.75 Å². The molecular weight excluding hydrogens is 523 g/mol. The highest BCUT2D eigenvalue weighted by Crippen LogP contribution is 2.36. The molecule has 3 aromatic carbocycles. The van der Waals surface area contributed by atoms with Crippen molar-refractivity contribution in [1.29, 1.82) is 0 Å². The number of carbonyl (C=O) groups is 1. The highest BCUT2D eigenvalue weighted by Gasteiger charge is 2.36. The van der Waals surface area contributed by atoms with Crippen LogP contribution in [0.2, 0.25) is 10.0 Å². The molecule has 0 atom stereocenters. The first-order valence-corrected chi connectivity index (χ1v) is 13.6. The molecule has 0 amide bonds. The molecule has 1 heterocycles. The predicted octanol–water partition coefficient (Wildman–Crippen LogP) is 5.25. The molecule has 1 aliphatic rings. The third-order valence-electron chi connectivity index (χ3n) is 6.01. The van der Waals surface area contributed by atoms with Gasteiger partial charge in [-0.2, -0.15) is 0 Å². The highest BCUT2D eigenvalue weighted by atomic mass is 35.5. The van der Waals surface area contributed by atoms with E-state index in [1.54, 1.807) is 0 Å². The molecule has 0 bridgehead atoms. The summed E-state index contributed by atoms with van der Waals surface area (Å²) in [4.78, 5) is 14.2. The molecule has 1 saturated heterocycles. The summed E-state index contributed by atoms with van der Waals surface area (Å²) in [6.45, 7) is 1.20. The average molecular weight is 549 g/mol. The van der Waals surface area contributed by atoms with Crippen molar-refractivity contribution in [3.05, 3.63) is 93.5 Å². The van der Waals surface area contributed by atoms with Crippen LogP contribution in [0.15, 0.2) is 66.7 Å². The van der Waals surface area contributed by atoms with Gasteiger partial charge in [0.25, 0.3) is 0 Å². The Balaban J connectivity index is 1.46. The van der Waals surface area contributed by atoms with Crippen LogP contribution in [-0.4, -0.2) is 52.3 Å². The number of benzene rings is 3. The van der Waals surface area contributed by atoms with Crippen LogP contribution in [0.3, 0.4) is 0 Å². The summed E-state index contributed by atoms with van der Waals surface area (Å²) in [5.74, 6) is -0.351. The molecule has 0 saturated carbocycles. The lowest BCUT2D eigenvalue weighted by Crippen LogP contribution is -2.51.